The summed E-state index contributed by atoms with van der Waals surface area (Å²) >= 11 is 1.77. The molecule has 0 unspecified atom stereocenters. The Morgan fingerprint density at radius 3 is 1.69 bits per heavy atom. The van der Waals surface area contributed by atoms with E-state index in [9.17, 15) is 0 Å². The van der Waals surface area contributed by atoms with Gasteiger partial charge in [-0.1, -0.05) is 115 Å². The lowest BCUT2D eigenvalue weighted by molar-refractivity contribution is 0.669. The number of aromatic nitrogens is 4. The van der Waals surface area contributed by atoms with Gasteiger partial charge < -0.3 is 8.98 Å². The molecule has 0 atom stereocenters. The molecule has 0 saturated heterocycles. The Balaban J connectivity index is 1.21. The first-order chi connectivity index (χ1) is 25.3. The monoisotopic (exact) mass is 670 g/mol. The average molecular weight is 671 g/mol. The Bertz CT molecular complexity index is 3030. The quantitative estimate of drug-likeness (QED) is 0.187. The molecule has 0 aliphatic carbocycles. The molecule has 0 radical (unpaired) electrons. The maximum Gasteiger partial charge on any atom is 0.165 e. The molecule has 0 N–H and O–H groups in total. The number of para-hydroxylation sites is 2. The summed E-state index contributed by atoms with van der Waals surface area (Å²) in [6, 6.07) is 54.7. The third-order valence-electron chi connectivity index (χ3n) is 9.86. The summed E-state index contributed by atoms with van der Waals surface area (Å²) < 4.78 is 11.4. The van der Waals surface area contributed by atoms with Crippen molar-refractivity contribution in [3.63, 3.8) is 0 Å². The summed E-state index contributed by atoms with van der Waals surface area (Å²) in [5.74, 6) is 1.95. The molecule has 0 fully saturated rings. The highest BCUT2D eigenvalue weighted by Gasteiger charge is 2.22. The number of thiophene rings is 1. The van der Waals surface area contributed by atoms with Gasteiger partial charge in [-0.25, -0.2) is 15.0 Å². The zero-order valence-corrected chi connectivity index (χ0v) is 27.9. The molecule has 51 heavy (non-hydrogen) atoms. The highest BCUT2D eigenvalue weighted by atomic mass is 32.1. The van der Waals surface area contributed by atoms with Gasteiger partial charge in [0, 0.05) is 53.0 Å². The first-order valence-electron chi connectivity index (χ1n) is 17.0. The molecule has 0 bridgehead atoms. The van der Waals surface area contributed by atoms with Crippen LogP contribution in [0.4, 0.5) is 0 Å². The van der Waals surface area contributed by atoms with E-state index >= 15 is 0 Å². The van der Waals surface area contributed by atoms with E-state index in [1.807, 2.05) is 60.7 Å². The highest BCUT2D eigenvalue weighted by molar-refractivity contribution is 7.26. The number of fused-ring (bicyclic) bond motifs is 10. The topological polar surface area (TPSA) is 56.7 Å². The molecule has 0 saturated carbocycles. The number of hydrogen-bond donors (Lipinski definition) is 0. The van der Waals surface area contributed by atoms with Gasteiger partial charge in [-0.05, 0) is 42.5 Å². The molecule has 4 heterocycles. The van der Waals surface area contributed by atoms with E-state index in [1.165, 1.54) is 31.9 Å². The van der Waals surface area contributed by atoms with Crippen molar-refractivity contribution in [2.75, 3.05) is 0 Å². The molecular formula is C45H26N4OS. The van der Waals surface area contributed by atoms with Gasteiger partial charge in [0.15, 0.2) is 17.5 Å². The summed E-state index contributed by atoms with van der Waals surface area (Å²) in [7, 11) is 0. The van der Waals surface area contributed by atoms with Crippen molar-refractivity contribution in [3.8, 4) is 39.9 Å². The lowest BCUT2D eigenvalue weighted by atomic mass is 10.0. The lowest BCUT2D eigenvalue weighted by Gasteiger charge is -2.10. The Labute approximate surface area is 295 Å². The van der Waals surface area contributed by atoms with E-state index in [0.29, 0.717) is 17.5 Å². The Hall–Kier alpha value is -6.63. The van der Waals surface area contributed by atoms with Gasteiger partial charge >= 0.3 is 0 Å². The van der Waals surface area contributed by atoms with Crippen LogP contribution in [0.15, 0.2) is 162 Å². The van der Waals surface area contributed by atoms with Gasteiger partial charge in [-0.15, -0.1) is 11.3 Å². The Morgan fingerprint density at radius 1 is 0.431 bits per heavy atom. The van der Waals surface area contributed by atoms with E-state index in [2.05, 4.69) is 102 Å². The molecule has 5 nitrogen and oxygen atoms in total. The van der Waals surface area contributed by atoms with Gasteiger partial charge in [0.1, 0.15) is 11.2 Å². The van der Waals surface area contributed by atoms with E-state index in [4.69, 9.17) is 19.4 Å². The first kappa shape index (κ1) is 28.2. The van der Waals surface area contributed by atoms with E-state index in [-0.39, 0.29) is 0 Å². The van der Waals surface area contributed by atoms with Crippen molar-refractivity contribution in [2.45, 2.75) is 0 Å². The molecule has 11 rings (SSSR count). The standard InChI is InChI=1S/C45H26N4OS/c1-3-13-27(14-4-1)43-46-44(28-15-5-2-6-16-28)48-45(47-43)32-20-11-19-31-39-38(51-42(31)32)26-25-37-41(39)40-35(23-12-24-36(40)50-37)49-33-21-9-7-17-29(33)30-18-8-10-22-34(30)49/h1-26H. The van der Waals surface area contributed by atoms with Crippen LogP contribution in [0.3, 0.4) is 0 Å². The molecule has 7 aromatic carbocycles. The maximum atomic E-state index is 6.64. The fourth-order valence-electron chi connectivity index (χ4n) is 7.65. The zero-order valence-electron chi connectivity index (χ0n) is 27.1. The second-order valence-electron chi connectivity index (χ2n) is 12.8. The van der Waals surface area contributed by atoms with Crippen LogP contribution in [0.5, 0.6) is 0 Å². The number of benzene rings is 7. The van der Waals surface area contributed by atoms with Crippen molar-refractivity contribution in [1.82, 2.24) is 19.5 Å². The third-order valence-corrected chi connectivity index (χ3v) is 11.1. The van der Waals surface area contributed by atoms with Crippen LogP contribution in [0, 0.1) is 0 Å². The molecule has 0 aliphatic heterocycles. The number of nitrogens with zero attached hydrogens (tertiary/aromatic N) is 4. The summed E-state index contributed by atoms with van der Waals surface area (Å²) in [4.78, 5) is 15.1. The summed E-state index contributed by atoms with van der Waals surface area (Å²) in [5, 5.41) is 7.02. The molecule has 0 spiro atoms. The summed E-state index contributed by atoms with van der Waals surface area (Å²) in [6.45, 7) is 0. The van der Waals surface area contributed by atoms with Crippen molar-refractivity contribution in [3.05, 3.63) is 158 Å². The minimum absolute atomic E-state index is 0.650. The van der Waals surface area contributed by atoms with Crippen molar-refractivity contribution in [2.24, 2.45) is 0 Å². The smallest absolute Gasteiger partial charge is 0.165 e. The van der Waals surface area contributed by atoms with Crippen LogP contribution in [0.25, 0.3) is 104 Å². The van der Waals surface area contributed by atoms with E-state index in [1.54, 1.807) is 11.3 Å². The van der Waals surface area contributed by atoms with Gasteiger partial charge in [0.2, 0.25) is 0 Å². The predicted molar refractivity (Wildman–Crippen MR) is 211 cm³/mol. The molecular weight excluding hydrogens is 645 g/mol. The van der Waals surface area contributed by atoms with Gasteiger partial charge in [-0.3, -0.25) is 0 Å². The van der Waals surface area contributed by atoms with Crippen LogP contribution in [0.1, 0.15) is 0 Å². The normalized spacial score (nSPS) is 11.9. The van der Waals surface area contributed by atoms with E-state index in [0.717, 1.165) is 54.4 Å². The van der Waals surface area contributed by atoms with E-state index < -0.39 is 0 Å². The second-order valence-corrected chi connectivity index (χ2v) is 13.8. The maximum absolute atomic E-state index is 6.64. The van der Waals surface area contributed by atoms with Crippen molar-refractivity contribution >= 4 is 75.3 Å². The SMILES string of the molecule is c1ccc(-c2nc(-c3ccccc3)nc(-c3cccc4c3sc3ccc5oc6cccc(-n7c8ccccc8c8ccccc87)c6c5c34)n2)cc1. The van der Waals surface area contributed by atoms with Crippen LogP contribution in [-0.4, -0.2) is 19.5 Å². The first-order valence-corrected chi connectivity index (χ1v) is 17.8. The summed E-state index contributed by atoms with van der Waals surface area (Å²) in [5.41, 5.74) is 8.06. The molecule has 0 amide bonds. The van der Waals surface area contributed by atoms with Crippen LogP contribution < -0.4 is 0 Å². The van der Waals surface area contributed by atoms with Gasteiger partial charge in [0.05, 0.1) is 22.1 Å². The minimum atomic E-state index is 0.650. The minimum Gasteiger partial charge on any atom is -0.456 e. The summed E-state index contributed by atoms with van der Waals surface area (Å²) in [6.07, 6.45) is 0. The van der Waals surface area contributed by atoms with Gasteiger partial charge in [0.25, 0.3) is 0 Å². The fourth-order valence-corrected chi connectivity index (χ4v) is 8.87. The Kier molecular flexibility index (Phi) is 6.05. The molecule has 4 aromatic heterocycles. The largest absolute Gasteiger partial charge is 0.456 e. The molecule has 0 aliphatic rings. The average Bonchev–Trinajstić information content (AvgIpc) is 3.88. The van der Waals surface area contributed by atoms with Crippen molar-refractivity contribution in [1.29, 1.82) is 0 Å². The second kappa shape index (κ2) is 10.9. The third kappa shape index (κ3) is 4.24. The number of furan rings is 1. The lowest BCUT2D eigenvalue weighted by Crippen LogP contribution is -2.00. The van der Waals surface area contributed by atoms with Crippen molar-refractivity contribution < 1.29 is 4.42 Å². The number of hydrogen-bond acceptors (Lipinski definition) is 5. The molecule has 11 aromatic rings. The van der Waals surface area contributed by atoms with Crippen LogP contribution in [-0.2, 0) is 0 Å². The zero-order chi connectivity index (χ0) is 33.5. The van der Waals surface area contributed by atoms with Gasteiger partial charge in [-0.2, -0.15) is 0 Å². The van der Waals surface area contributed by atoms with Crippen LogP contribution in [0.2, 0.25) is 0 Å². The Morgan fingerprint density at radius 2 is 1.00 bits per heavy atom. The fraction of sp³-hybridized carbons (Fsp3) is 0. The molecule has 238 valence electrons. The highest BCUT2D eigenvalue weighted by Crippen LogP contribution is 2.47. The number of rotatable bonds is 4. The van der Waals surface area contributed by atoms with Crippen LogP contribution >= 0.6 is 11.3 Å². The predicted octanol–water partition coefficient (Wildman–Crippen LogP) is 12.2. The molecule has 6 heteroatoms.